The third kappa shape index (κ3) is 5.25. The Kier molecular flexibility index (Phi) is 8.59. The number of amides is 1. The number of carbonyl (C=O) groups is 1. The van der Waals surface area contributed by atoms with E-state index in [9.17, 15) is 9.18 Å². The van der Waals surface area contributed by atoms with Crippen molar-refractivity contribution in [3.05, 3.63) is 60.7 Å². The van der Waals surface area contributed by atoms with Gasteiger partial charge in [0.2, 0.25) is 0 Å². The molecule has 4 rings (SSSR count). The number of pyridine rings is 1. The van der Waals surface area contributed by atoms with Gasteiger partial charge in [-0.2, -0.15) is 0 Å². The number of methoxy groups -OCH3 is 1. The molecule has 1 saturated heterocycles. The Balaban J connectivity index is 0.00000171. The lowest BCUT2D eigenvalue weighted by Gasteiger charge is -2.34. The molecule has 0 radical (unpaired) electrons. The summed E-state index contributed by atoms with van der Waals surface area (Å²) in [6.07, 6.45) is 4.67. The number of benzene rings is 2. The van der Waals surface area contributed by atoms with Crippen molar-refractivity contribution in [2.75, 3.05) is 30.8 Å². The van der Waals surface area contributed by atoms with Crippen molar-refractivity contribution in [2.24, 2.45) is 0 Å². The zero-order valence-electron chi connectivity index (χ0n) is 17.0. The van der Waals surface area contributed by atoms with Crippen molar-refractivity contribution in [1.29, 1.82) is 0 Å². The van der Waals surface area contributed by atoms with Crippen molar-refractivity contribution >= 4 is 58.6 Å². The van der Waals surface area contributed by atoms with Gasteiger partial charge in [0.05, 0.1) is 5.69 Å². The molecule has 0 bridgehead atoms. The lowest BCUT2D eigenvalue weighted by Crippen LogP contribution is -2.51. The van der Waals surface area contributed by atoms with Gasteiger partial charge in [0.15, 0.2) is 0 Å². The number of carbonyl (C=O) groups excluding carboxylic acids is 1. The molecule has 2 heterocycles. The SMILES string of the molecule is COC1(C(=O)Nc2ccc(Nc3ccc(F)cc3)c3ccncc23)CCNCC1.Cl.Cl. The molecular weight excluding hydrogens is 442 g/mol. The van der Waals surface area contributed by atoms with E-state index in [-0.39, 0.29) is 36.5 Å². The molecule has 0 unspecified atom stereocenters. The molecule has 2 aromatic carbocycles. The summed E-state index contributed by atoms with van der Waals surface area (Å²) in [5, 5.41) is 11.3. The van der Waals surface area contributed by atoms with Crippen LogP contribution < -0.4 is 16.0 Å². The molecule has 6 nitrogen and oxygen atoms in total. The molecule has 0 saturated carbocycles. The van der Waals surface area contributed by atoms with Gasteiger partial charge in [0.1, 0.15) is 11.4 Å². The second-order valence-electron chi connectivity index (χ2n) is 7.12. The minimum Gasteiger partial charge on any atom is -0.368 e. The number of halogens is 3. The van der Waals surface area contributed by atoms with Crippen LogP contribution in [0.1, 0.15) is 12.8 Å². The van der Waals surface area contributed by atoms with Crippen LogP contribution in [0.3, 0.4) is 0 Å². The van der Waals surface area contributed by atoms with Crippen LogP contribution in [-0.2, 0) is 9.53 Å². The van der Waals surface area contributed by atoms with Crippen LogP contribution >= 0.6 is 24.8 Å². The smallest absolute Gasteiger partial charge is 0.256 e. The minimum absolute atomic E-state index is 0. The molecular formula is C22H25Cl2FN4O2. The molecule has 1 amide bonds. The molecule has 31 heavy (non-hydrogen) atoms. The highest BCUT2D eigenvalue weighted by molar-refractivity contribution is 6.08. The van der Waals surface area contributed by atoms with Crippen molar-refractivity contribution < 1.29 is 13.9 Å². The van der Waals surface area contributed by atoms with Crippen molar-refractivity contribution in [3.8, 4) is 0 Å². The minimum atomic E-state index is -0.829. The van der Waals surface area contributed by atoms with Gasteiger partial charge in [-0.25, -0.2) is 4.39 Å². The number of hydrogen-bond donors (Lipinski definition) is 3. The van der Waals surface area contributed by atoms with Crippen LogP contribution in [0, 0.1) is 5.82 Å². The van der Waals surface area contributed by atoms with Gasteiger partial charge in [-0.05, 0) is 68.4 Å². The number of nitrogens with zero attached hydrogens (tertiary/aromatic N) is 1. The van der Waals surface area contributed by atoms with E-state index >= 15 is 0 Å². The maximum Gasteiger partial charge on any atom is 0.256 e. The zero-order valence-corrected chi connectivity index (χ0v) is 18.6. The Morgan fingerprint density at radius 3 is 2.39 bits per heavy atom. The lowest BCUT2D eigenvalue weighted by atomic mass is 9.91. The topological polar surface area (TPSA) is 75.3 Å². The standard InChI is InChI=1S/C22H23FN4O2.2ClH/c1-29-22(9-12-24-13-10-22)21(28)27-20-7-6-19(17-8-11-25-14-18(17)20)26-16-4-2-15(23)3-5-16;;/h2-8,11,14,24,26H,9-10,12-13H2,1H3,(H,27,28);2*1H. The Morgan fingerprint density at radius 1 is 1.03 bits per heavy atom. The Hall–Kier alpha value is -2.45. The number of hydrogen-bond acceptors (Lipinski definition) is 5. The number of aromatic nitrogens is 1. The van der Waals surface area contributed by atoms with Crippen molar-refractivity contribution in [2.45, 2.75) is 18.4 Å². The van der Waals surface area contributed by atoms with Gasteiger partial charge in [-0.3, -0.25) is 9.78 Å². The Morgan fingerprint density at radius 2 is 1.71 bits per heavy atom. The van der Waals surface area contributed by atoms with Crippen molar-refractivity contribution in [1.82, 2.24) is 10.3 Å². The molecule has 166 valence electrons. The Bertz CT molecular complexity index is 1030. The summed E-state index contributed by atoms with van der Waals surface area (Å²) in [5.41, 5.74) is 1.47. The number of fused-ring (bicyclic) bond motifs is 1. The third-order valence-corrected chi connectivity index (χ3v) is 5.41. The summed E-state index contributed by atoms with van der Waals surface area (Å²) in [6.45, 7) is 1.48. The molecule has 0 aliphatic carbocycles. The molecule has 1 aliphatic rings. The first kappa shape index (κ1) is 24.8. The second-order valence-corrected chi connectivity index (χ2v) is 7.12. The maximum atomic E-state index is 13.2. The van der Waals surface area contributed by atoms with Crippen LogP contribution in [-0.4, -0.2) is 36.7 Å². The number of piperidine rings is 1. The van der Waals surface area contributed by atoms with Gasteiger partial charge in [0, 0.05) is 41.7 Å². The molecule has 0 spiro atoms. The number of nitrogens with one attached hydrogen (secondary N) is 3. The van der Waals surface area contributed by atoms with Crippen LogP contribution in [0.15, 0.2) is 54.9 Å². The molecule has 1 aromatic heterocycles. The van der Waals surface area contributed by atoms with Crippen LogP contribution in [0.2, 0.25) is 0 Å². The summed E-state index contributed by atoms with van der Waals surface area (Å²) in [5.74, 6) is -0.432. The van der Waals surface area contributed by atoms with E-state index < -0.39 is 5.60 Å². The van der Waals surface area contributed by atoms with Gasteiger partial charge >= 0.3 is 0 Å². The number of ether oxygens (including phenoxy) is 1. The zero-order chi connectivity index (χ0) is 20.3. The fraction of sp³-hybridized carbons (Fsp3) is 0.273. The monoisotopic (exact) mass is 466 g/mol. The molecule has 3 aromatic rings. The molecule has 0 atom stereocenters. The normalized spacial score (nSPS) is 14.8. The van der Waals surface area contributed by atoms with Crippen molar-refractivity contribution in [3.63, 3.8) is 0 Å². The largest absolute Gasteiger partial charge is 0.368 e. The molecule has 1 aliphatic heterocycles. The van der Waals surface area contributed by atoms with E-state index in [1.165, 1.54) is 12.1 Å². The molecule has 9 heteroatoms. The van der Waals surface area contributed by atoms with Gasteiger partial charge in [-0.1, -0.05) is 0 Å². The van der Waals surface area contributed by atoms with Crippen LogP contribution in [0.4, 0.5) is 21.5 Å². The summed E-state index contributed by atoms with van der Waals surface area (Å²) < 4.78 is 18.8. The van der Waals surface area contributed by atoms with E-state index in [1.54, 1.807) is 31.6 Å². The molecule has 1 fully saturated rings. The van der Waals surface area contributed by atoms with Crippen LogP contribution in [0.25, 0.3) is 10.8 Å². The predicted octanol–water partition coefficient (Wildman–Crippen LogP) is 4.67. The highest BCUT2D eigenvalue weighted by atomic mass is 35.5. The summed E-state index contributed by atoms with van der Waals surface area (Å²) >= 11 is 0. The number of rotatable bonds is 5. The lowest BCUT2D eigenvalue weighted by molar-refractivity contribution is -0.140. The molecule has 3 N–H and O–H groups in total. The Labute approximate surface area is 192 Å². The fourth-order valence-corrected chi connectivity index (χ4v) is 3.69. The summed E-state index contributed by atoms with van der Waals surface area (Å²) in [7, 11) is 1.58. The third-order valence-electron chi connectivity index (χ3n) is 5.41. The summed E-state index contributed by atoms with van der Waals surface area (Å²) in [4.78, 5) is 17.3. The van der Waals surface area contributed by atoms with E-state index in [0.717, 1.165) is 35.2 Å². The highest BCUT2D eigenvalue weighted by Crippen LogP contribution is 2.33. The van der Waals surface area contributed by atoms with E-state index in [2.05, 4.69) is 20.9 Å². The van der Waals surface area contributed by atoms with E-state index in [0.29, 0.717) is 18.5 Å². The maximum absolute atomic E-state index is 13.2. The average molecular weight is 467 g/mol. The van der Waals surface area contributed by atoms with Gasteiger partial charge in [-0.15, -0.1) is 24.8 Å². The van der Waals surface area contributed by atoms with Crippen LogP contribution in [0.5, 0.6) is 0 Å². The first-order valence-electron chi connectivity index (χ1n) is 9.58. The highest BCUT2D eigenvalue weighted by Gasteiger charge is 2.39. The first-order valence-corrected chi connectivity index (χ1v) is 9.58. The fourth-order valence-electron chi connectivity index (χ4n) is 3.69. The van der Waals surface area contributed by atoms with E-state index in [4.69, 9.17) is 4.74 Å². The quantitative estimate of drug-likeness (QED) is 0.509. The predicted molar refractivity (Wildman–Crippen MR) is 126 cm³/mol. The van der Waals surface area contributed by atoms with Gasteiger partial charge in [0.25, 0.3) is 5.91 Å². The average Bonchev–Trinajstić information content (AvgIpc) is 2.77. The van der Waals surface area contributed by atoms with E-state index in [1.807, 2.05) is 18.2 Å². The first-order chi connectivity index (χ1) is 14.1. The summed E-state index contributed by atoms with van der Waals surface area (Å²) in [6, 6.07) is 11.8. The number of anilines is 3. The second kappa shape index (κ2) is 10.7. The van der Waals surface area contributed by atoms with Gasteiger partial charge < -0.3 is 20.7 Å².